The molecular weight excluding hydrogens is 438 g/mol. The minimum Gasteiger partial charge on any atom is -0.460 e. The van der Waals surface area contributed by atoms with Gasteiger partial charge in [-0.05, 0) is 62.7 Å². The molecule has 6 rings (SSSR count). The molecule has 3 aromatic heterocycles. The van der Waals surface area contributed by atoms with Crippen molar-refractivity contribution in [3.63, 3.8) is 0 Å². The van der Waals surface area contributed by atoms with Gasteiger partial charge >= 0.3 is 6.01 Å². The van der Waals surface area contributed by atoms with Gasteiger partial charge in [0.15, 0.2) is 5.13 Å². The Kier molecular flexibility index (Phi) is 5.65. The smallest absolute Gasteiger partial charge is 0.317 e. The average molecular weight is 466 g/mol. The van der Waals surface area contributed by atoms with Crippen molar-refractivity contribution in [1.82, 2.24) is 30.2 Å². The first-order chi connectivity index (χ1) is 16.2. The van der Waals surface area contributed by atoms with Gasteiger partial charge in [0.25, 0.3) is 0 Å². The lowest BCUT2D eigenvalue weighted by molar-refractivity contribution is -0.140. The molecule has 0 bridgehead atoms. The van der Waals surface area contributed by atoms with E-state index < -0.39 is 0 Å². The van der Waals surface area contributed by atoms with Crippen LogP contribution in [0.3, 0.4) is 0 Å². The Hall–Kier alpha value is -2.69. The number of nitrogens with one attached hydrogen (secondary N) is 2. The van der Waals surface area contributed by atoms with Crippen LogP contribution in [0.4, 0.5) is 11.1 Å². The fourth-order valence-electron chi connectivity index (χ4n) is 4.58. The van der Waals surface area contributed by atoms with E-state index in [1.807, 2.05) is 18.5 Å². The first-order valence-electron chi connectivity index (χ1n) is 11.6. The summed E-state index contributed by atoms with van der Waals surface area (Å²) in [4.78, 5) is 23.2. The number of ether oxygens (including phenoxy) is 2. The predicted octanol–water partition coefficient (Wildman–Crippen LogP) is 3.23. The molecule has 3 fully saturated rings. The number of hydrogen-bond acceptors (Lipinski definition) is 10. The fraction of sp³-hybridized carbons (Fsp3) is 0.522. The molecule has 1 saturated carbocycles. The van der Waals surface area contributed by atoms with Crippen molar-refractivity contribution in [1.29, 1.82) is 0 Å². The van der Waals surface area contributed by atoms with Gasteiger partial charge in [-0.1, -0.05) is 11.3 Å². The third-order valence-corrected chi connectivity index (χ3v) is 7.72. The maximum Gasteiger partial charge on any atom is 0.317 e. The van der Waals surface area contributed by atoms with Crippen molar-refractivity contribution >= 4 is 22.4 Å². The zero-order valence-corrected chi connectivity index (χ0v) is 19.2. The second kappa shape index (κ2) is 8.92. The molecule has 2 aliphatic heterocycles. The molecule has 0 unspecified atom stereocenters. The van der Waals surface area contributed by atoms with Gasteiger partial charge in [0.1, 0.15) is 6.10 Å². The van der Waals surface area contributed by atoms with Crippen molar-refractivity contribution in [2.45, 2.75) is 38.2 Å². The maximum absolute atomic E-state index is 6.11. The van der Waals surface area contributed by atoms with Crippen LogP contribution in [0.2, 0.25) is 0 Å². The summed E-state index contributed by atoms with van der Waals surface area (Å²) in [5, 5.41) is 7.21. The van der Waals surface area contributed by atoms with Crippen LogP contribution in [0.25, 0.3) is 10.6 Å². The molecule has 9 nitrogen and oxygen atoms in total. The van der Waals surface area contributed by atoms with E-state index in [-0.39, 0.29) is 6.10 Å². The van der Waals surface area contributed by atoms with Gasteiger partial charge in [-0.3, -0.25) is 0 Å². The Morgan fingerprint density at radius 2 is 1.91 bits per heavy atom. The van der Waals surface area contributed by atoms with Crippen molar-refractivity contribution < 1.29 is 9.47 Å². The Labute approximate surface area is 196 Å². The monoisotopic (exact) mass is 465 g/mol. The predicted molar refractivity (Wildman–Crippen MR) is 125 cm³/mol. The summed E-state index contributed by atoms with van der Waals surface area (Å²) in [5.74, 6) is 1.24. The lowest BCUT2D eigenvalue weighted by atomic mass is 9.72. The van der Waals surface area contributed by atoms with Crippen LogP contribution in [-0.4, -0.2) is 57.3 Å². The lowest BCUT2D eigenvalue weighted by Gasteiger charge is -2.45. The lowest BCUT2D eigenvalue weighted by Crippen LogP contribution is -2.46. The molecule has 0 amide bonds. The van der Waals surface area contributed by atoms with E-state index in [0.29, 0.717) is 23.3 Å². The van der Waals surface area contributed by atoms with Gasteiger partial charge in [0.05, 0.1) is 23.8 Å². The molecule has 33 heavy (non-hydrogen) atoms. The Morgan fingerprint density at radius 3 is 2.61 bits per heavy atom. The summed E-state index contributed by atoms with van der Waals surface area (Å²) < 4.78 is 11.5. The van der Waals surface area contributed by atoms with Crippen molar-refractivity contribution in [3.05, 3.63) is 36.4 Å². The molecule has 3 aromatic rings. The van der Waals surface area contributed by atoms with E-state index in [9.17, 15) is 0 Å². The van der Waals surface area contributed by atoms with Gasteiger partial charge < -0.3 is 20.1 Å². The third-order valence-electron chi connectivity index (χ3n) is 6.79. The highest BCUT2D eigenvalue weighted by Crippen LogP contribution is 2.43. The van der Waals surface area contributed by atoms with Crippen LogP contribution in [0.1, 0.15) is 31.2 Å². The Morgan fingerprint density at radius 1 is 1.09 bits per heavy atom. The molecule has 3 aliphatic rings. The summed E-state index contributed by atoms with van der Waals surface area (Å²) in [6.07, 6.45) is 12.9. The molecule has 1 spiro atoms. The zero-order valence-electron chi connectivity index (χ0n) is 18.4. The molecule has 0 atom stereocenters. The first-order valence-corrected chi connectivity index (χ1v) is 12.4. The molecular formula is C23H27N7O2S. The fourth-order valence-corrected chi connectivity index (χ4v) is 5.36. The van der Waals surface area contributed by atoms with E-state index in [4.69, 9.17) is 9.47 Å². The SMILES string of the molecule is c1cc(-c2cnc(Nc3ncc(CC4CNC4)cn3)s2)nc(OC2CCC3(CC2)COC3)n1. The van der Waals surface area contributed by atoms with Crippen LogP contribution in [0.5, 0.6) is 6.01 Å². The molecule has 10 heteroatoms. The van der Waals surface area contributed by atoms with Gasteiger partial charge in [0, 0.05) is 30.2 Å². The summed E-state index contributed by atoms with van der Waals surface area (Å²) >= 11 is 1.50. The van der Waals surface area contributed by atoms with Gasteiger partial charge in [-0.25, -0.2) is 19.9 Å². The minimum atomic E-state index is 0.172. The van der Waals surface area contributed by atoms with Crippen LogP contribution in [0.15, 0.2) is 30.9 Å². The van der Waals surface area contributed by atoms with Gasteiger partial charge in [-0.2, -0.15) is 4.98 Å². The van der Waals surface area contributed by atoms with Gasteiger partial charge in [-0.15, -0.1) is 0 Å². The quantitative estimate of drug-likeness (QED) is 0.544. The standard InChI is InChI=1S/C23H27N7O2S/c1-4-23(13-31-14-23)5-2-17(1)32-21-25-6-3-18(29-21)19-12-28-22(33-19)30-20-26-10-16(11-27-20)7-15-8-24-9-15/h3,6,10-12,15,17,24H,1-2,4-5,7-9,13-14H2,(H,26,27,28,30). The second-order valence-electron chi connectivity index (χ2n) is 9.33. The second-order valence-corrected chi connectivity index (χ2v) is 10.4. The van der Waals surface area contributed by atoms with Crippen LogP contribution >= 0.6 is 11.3 Å². The molecule has 2 saturated heterocycles. The molecule has 1 aliphatic carbocycles. The number of aromatic nitrogens is 5. The normalized spacial score (nSPS) is 20.2. The van der Waals surface area contributed by atoms with E-state index in [2.05, 4.69) is 35.6 Å². The molecule has 0 aromatic carbocycles. The number of hydrogen-bond donors (Lipinski definition) is 2. The van der Waals surface area contributed by atoms with Crippen LogP contribution in [0, 0.1) is 11.3 Å². The average Bonchev–Trinajstić information content (AvgIpc) is 3.26. The van der Waals surface area contributed by atoms with Gasteiger partial charge in [0.2, 0.25) is 5.95 Å². The van der Waals surface area contributed by atoms with Crippen LogP contribution in [-0.2, 0) is 11.2 Å². The summed E-state index contributed by atoms with van der Waals surface area (Å²) in [6, 6.07) is 2.31. The van der Waals surface area contributed by atoms with Crippen molar-refractivity contribution in [2.75, 3.05) is 31.6 Å². The van der Waals surface area contributed by atoms with Crippen molar-refractivity contribution in [3.8, 4) is 16.6 Å². The zero-order chi connectivity index (χ0) is 22.1. The Bertz CT molecular complexity index is 1090. The number of rotatable bonds is 7. The highest BCUT2D eigenvalue weighted by molar-refractivity contribution is 7.18. The summed E-state index contributed by atoms with van der Waals surface area (Å²) in [7, 11) is 0. The first kappa shape index (κ1) is 20.9. The number of nitrogens with zero attached hydrogens (tertiary/aromatic N) is 5. The van der Waals surface area contributed by atoms with E-state index in [1.54, 1.807) is 12.4 Å². The molecule has 5 heterocycles. The highest BCUT2D eigenvalue weighted by atomic mass is 32.1. The molecule has 172 valence electrons. The molecule has 0 radical (unpaired) electrons. The number of anilines is 2. The van der Waals surface area contributed by atoms with Crippen LogP contribution < -0.4 is 15.4 Å². The van der Waals surface area contributed by atoms with E-state index in [0.717, 1.165) is 79.7 Å². The van der Waals surface area contributed by atoms with E-state index in [1.165, 1.54) is 11.3 Å². The number of thiazole rings is 1. The topological polar surface area (TPSA) is 107 Å². The Balaban J connectivity index is 1.07. The highest BCUT2D eigenvalue weighted by Gasteiger charge is 2.42. The minimum absolute atomic E-state index is 0.172. The molecule has 2 N–H and O–H groups in total. The van der Waals surface area contributed by atoms with Crippen molar-refractivity contribution in [2.24, 2.45) is 11.3 Å². The third kappa shape index (κ3) is 4.68. The van der Waals surface area contributed by atoms with E-state index >= 15 is 0 Å². The summed E-state index contributed by atoms with van der Waals surface area (Å²) in [6.45, 7) is 3.96. The maximum atomic E-state index is 6.11. The summed E-state index contributed by atoms with van der Waals surface area (Å²) in [5.41, 5.74) is 2.37. The largest absolute Gasteiger partial charge is 0.460 e.